The first-order valence-corrected chi connectivity index (χ1v) is 4.15. The van der Waals surface area contributed by atoms with E-state index in [1.807, 2.05) is 0 Å². The van der Waals surface area contributed by atoms with Gasteiger partial charge in [-0.05, 0) is 13.8 Å². The normalized spacial score (nSPS) is 21.7. The Kier molecular flexibility index (Phi) is 2.42. The third-order valence-corrected chi connectivity index (χ3v) is 2.94. The van der Waals surface area contributed by atoms with Gasteiger partial charge in [0.05, 0.1) is 0 Å². The molecule has 0 aliphatic heterocycles. The van der Waals surface area contributed by atoms with Gasteiger partial charge in [-0.3, -0.25) is 4.55 Å². The van der Waals surface area contributed by atoms with E-state index < -0.39 is 21.0 Å². The van der Waals surface area contributed by atoms with E-state index in [-0.39, 0.29) is 0 Å². The Morgan fingerprint density at radius 2 is 1.90 bits per heavy atom. The first-order valence-electron chi connectivity index (χ1n) is 2.71. The van der Waals surface area contributed by atoms with Crippen molar-refractivity contribution < 1.29 is 13.0 Å². The highest BCUT2D eigenvalue weighted by molar-refractivity contribution is 7.87. The minimum absolute atomic E-state index is 0.803. The van der Waals surface area contributed by atoms with Crippen LogP contribution in [0.15, 0.2) is 0 Å². The van der Waals surface area contributed by atoms with Gasteiger partial charge in [-0.2, -0.15) is 8.42 Å². The van der Waals surface area contributed by atoms with E-state index in [1.54, 1.807) is 0 Å². The van der Waals surface area contributed by atoms with Gasteiger partial charge in [-0.1, -0.05) is 0 Å². The van der Waals surface area contributed by atoms with Crippen molar-refractivity contribution in [1.82, 2.24) is 0 Å². The number of hydrogen-bond donors (Lipinski definition) is 3. The summed E-state index contributed by atoms with van der Waals surface area (Å²) in [7, 11) is -4.25. The molecule has 0 heterocycles. The van der Waals surface area contributed by atoms with Crippen LogP contribution in [0.1, 0.15) is 13.8 Å². The largest absolute Gasteiger partial charge is 0.325 e. The van der Waals surface area contributed by atoms with Crippen molar-refractivity contribution in [3.63, 3.8) is 0 Å². The molecule has 6 heteroatoms. The summed E-state index contributed by atoms with van der Waals surface area (Å²) in [6.45, 7) is 2.57. The molecule has 5 nitrogen and oxygen atoms in total. The molecule has 10 heavy (non-hydrogen) atoms. The van der Waals surface area contributed by atoms with Crippen LogP contribution in [0.2, 0.25) is 0 Å². The summed E-state index contributed by atoms with van der Waals surface area (Å²) in [4.78, 5) is -1.76. The van der Waals surface area contributed by atoms with Gasteiger partial charge in [0.1, 0.15) is 0 Å². The fourth-order valence-corrected chi connectivity index (χ4v) is 0.705. The predicted octanol–water partition coefficient (Wildman–Crippen LogP) is -1.10. The summed E-state index contributed by atoms with van der Waals surface area (Å²) >= 11 is 0. The lowest BCUT2D eigenvalue weighted by Crippen LogP contribution is -2.56. The van der Waals surface area contributed by atoms with Crippen LogP contribution < -0.4 is 11.5 Å². The second-order valence-corrected chi connectivity index (χ2v) is 4.28. The highest BCUT2D eigenvalue weighted by Crippen LogP contribution is 2.10. The lowest BCUT2D eigenvalue weighted by Gasteiger charge is -2.24. The maximum atomic E-state index is 10.4. The molecule has 0 fully saturated rings. The Morgan fingerprint density at radius 3 is 1.90 bits per heavy atom. The quantitative estimate of drug-likeness (QED) is 0.453. The molecular weight excluding hydrogens is 156 g/mol. The van der Waals surface area contributed by atoms with E-state index in [0.29, 0.717) is 0 Å². The van der Waals surface area contributed by atoms with Crippen LogP contribution in [0, 0.1) is 0 Å². The topological polar surface area (TPSA) is 106 Å². The van der Waals surface area contributed by atoms with Crippen LogP contribution in [-0.4, -0.2) is 23.9 Å². The predicted molar refractivity (Wildman–Crippen MR) is 37.8 cm³/mol. The third kappa shape index (κ3) is 1.66. The average Bonchev–Trinajstić information content (AvgIpc) is 1.62. The first kappa shape index (κ1) is 9.83. The molecule has 0 aromatic heterocycles. The maximum Gasteiger partial charge on any atom is 0.285 e. The molecule has 2 atom stereocenters. The van der Waals surface area contributed by atoms with E-state index in [2.05, 4.69) is 0 Å². The molecule has 0 saturated carbocycles. The third-order valence-electron chi connectivity index (χ3n) is 1.46. The lowest BCUT2D eigenvalue weighted by atomic mass is 10.2. The first-order chi connectivity index (χ1) is 4.19. The SMILES string of the molecule is CC(N)C(C)(N)S(=O)(=O)O. The van der Waals surface area contributed by atoms with Crippen molar-refractivity contribution in [2.24, 2.45) is 11.5 Å². The molecule has 0 aromatic carbocycles. The van der Waals surface area contributed by atoms with E-state index in [9.17, 15) is 8.42 Å². The van der Waals surface area contributed by atoms with Gasteiger partial charge in [0.25, 0.3) is 10.1 Å². The van der Waals surface area contributed by atoms with Crippen LogP contribution in [0.25, 0.3) is 0 Å². The summed E-state index contributed by atoms with van der Waals surface area (Å²) < 4.78 is 29.4. The van der Waals surface area contributed by atoms with Gasteiger partial charge in [-0.15, -0.1) is 0 Å². The van der Waals surface area contributed by atoms with Crippen LogP contribution >= 0.6 is 0 Å². The molecule has 0 aromatic rings. The molecule has 0 bridgehead atoms. The molecule has 0 spiro atoms. The van der Waals surface area contributed by atoms with Gasteiger partial charge in [-0.25, -0.2) is 0 Å². The van der Waals surface area contributed by atoms with Crippen LogP contribution in [0.4, 0.5) is 0 Å². The Morgan fingerprint density at radius 1 is 1.60 bits per heavy atom. The molecule has 0 radical (unpaired) electrons. The summed E-state index contributed by atoms with van der Waals surface area (Å²) in [6.07, 6.45) is 0. The Balaban J connectivity index is 4.76. The second-order valence-electron chi connectivity index (χ2n) is 2.45. The van der Waals surface area contributed by atoms with Crippen molar-refractivity contribution in [2.45, 2.75) is 24.8 Å². The summed E-state index contributed by atoms with van der Waals surface area (Å²) in [5.74, 6) is 0. The zero-order chi connectivity index (χ0) is 8.58. The Hall–Kier alpha value is -0.170. The van der Waals surface area contributed by atoms with Gasteiger partial charge >= 0.3 is 0 Å². The Bertz CT molecular complexity index is 207. The molecule has 0 saturated heterocycles. The second kappa shape index (κ2) is 2.46. The zero-order valence-electron chi connectivity index (χ0n) is 5.90. The maximum absolute atomic E-state index is 10.4. The molecule has 5 N–H and O–H groups in total. The molecule has 62 valence electrons. The minimum Gasteiger partial charge on any atom is -0.325 e. The van der Waals surface area contributed by atoms with Gasteiger partial charge in [0.15, 0.2) is 4.87 Å². The van der Waals surface area contributed by atoms with E-state index in [0.717, 1.165) is 6.92 Å². The van der Waals surface area contributed by atoms with E-state index in [1.165, 1.54) is 6.92 Å². The monoisotopic (exact) mass is 168 g/mol. The number of rotatable bonds is 2. The van der Waals surface area contributed by atoms with Gasteiger partial charge in [0.2, 0.25) is 0 Å². The van der Waals surface area contributed by atoms with E-state index in [4.69, 9.17) is 16.0 Å². The van der Waals surface area contributed by atoms with Crippen LogP contribution in [0.3, 0.4) is 0 Å². The summed E-state index contributed by atoms with van der Waals surface area (Å²) in [5.41, 5.74) is 10.4. The van der Waals surface area contributed by atoms with Gasteiger partial charge < -0.3 is 11.5 Å². The molecule has 2 unspecified atom stereocenters. The molecular formula is C4H12N2O3S. The van der Waals surface area contributed by atoms with Gasteiger partial charge in [0, 0.05) is 6.04 Å². The molecule has 0 amide bonds. The molecule has 0 aliphatic rings. The zero-order valence-corrected chi connectivity index (χ0v) is 6.72. The van der Waals surface area contributed by atoms with Crippen molar-refractivity contribution in [3.05, 3.63) is 0 Å². The van der Waals surface area contributed by atoms with Crippen LogP contribution in [-0.2, 0) is 10.1 Å². The fraction of sp³-hybridized carbons (Fsp3) is 1.00. The minimum atomic E-state index is -4.25. The van der Waals surface area contributed by atoms with Crippen molar-refractivity contribution >= 4 is 10.1 Å². The fourth-order valence-electron chi connectivity index (χ4n) is 0.235. The van der Waals surface area contributed by atoms with Crippen molar-refractivity contribution in [1.29, 1.82) is 0 Å². The Labute approximate surface area is 60.1 Å². The van der Waals surface area contributed by atoms with Crippen molar-refractivity contribution in [2.75, 3.05) is 0 Å². The smallest absolute Gasteiger partial charge is 0.285 e. The average molecular weight is 168 g/mol. The number of nitrogens with two attached hydrogens (primary N) is 2. The van der Waals surface area contributed by atoms with Crippen LogP contribution in [0.5, 0.6) is 0 Å². The highest BCUT2D eigenvalue weighted by Gasteiger charge is 2.37. The van der Waals surface area contributed by atoms with Crippen molar-refractivity contribution in [3.8, 4) is 0 Å². The molecule has 0 rings (SSSR count). The van der Waals surface area contributed by atoms with E-state index >= 15 is 0 Å². The standard InChI is InChI=1S/C4H12N2O3S/c1-3(5)4(2,6)10(7,8)9/h3H,5-6H2,1-2H3,(H,7,8,9). The number of hydrogen-bond acceptors (Lipinski definition) is 4. The summed E-state index contributed by atoms with van der Waals surface area (Å²) in [5, 5.41) is 0. The summed E-state index contributed by atoms with van der Waals surface area (Å²) in [6, 6.07) is -0.803. The highest BCUT2D eigenvalue weighted by atomic mass is 32.2. The molecule has 0 aliphatic carbocycles. The lowest BCUT2D eigenvalue weighted by molar-refractivity contribution is 0.409.